The summed E-state index contributed by atoms with van der Waals surface area (Å²) in [4.78, 5) is 48.9. The molecule has 0 aliphatic carbocycles. The van der Waals surface area contributed by atoms with Gasteiger partial charge in [-0.05, 0) is 19.3 Å². The van der Waals surface area contributed by atoms with Gasteiger partial charge in [-0.25, -0.2) is 4.79 Å². The van der Waals surface area contributed by atoms with Gasteiger partial charge in [0.2, 0.25) is 0 Å². The molecule has 0 aliphatic heterocycles. The summed E-state index contributed by atoms with van der Waals surface area (Å²) < 4.78 is 5.24. The van der Waals surface area contributed by atoms with E-state index in [1.54, 1.807) is 0 Å². The maximum atomic E-state index is 13.7. The van der Waals surface area contributed by atoms with Gasteiger partial charge in [0.05, 0.1) is 18.3 Å². The second-order valence-electron chi connectivity index (χ2n) is 11.7. The van der Waals surface area contributed by atoms with Crippen molar-refractivity contribution in [3.8, 4) is 0 Å². The van der Waals surface area contributed by atoms with Gasteiger partial charge in [-0.15, -0.1) is 0 Å². The molecule has 0 fully saturated rings. The van der Waals surface area contributed by atoms with E-state index in [9.17, 15) is 29.4 Å². The zero-order valence-electron chi connectivity index (χ0n) is 25.6. The molecule has 40 heavy (non-hydrogen) atoms. The molecule has 8 heteroatoms. The number of carbonyl (C=O) groups is 4. The van der Waals surface area contributed by atoms with Crippen molar-refractivity contribution in [1.29, 1.82) is 0 Å². The highest BCUT2D eigenvalue weighted by Gasteiger charge is 2.44. The molecule has 0 bridgehead atoms. The van der Waals surface area contributed by atoms with E-state index in [2.05, 4.69) is 20.8 Å². The van der Waals surface area contributed by atoms with Crippen molar-refractivity contribution in [3.05, 3.63) is 0 Å². The van der Waals surface area contributed by atoms with E-state index in [0.717, 1.165) is 96.3 Å². The Balaban J connectivity index is 5.66. The molecule has 0 aromatic rings. The summed E-state index contributed by atoms with van der Waals surface area (Å²) in [7, 11) is 0. The lowest BCUT2D eigenvalue weighted by Crippen LogP contribution is -2.44. The first-order valence-electron chi connectivity index (χ1n) is 16.0. The van der Waals surface area contributed by atoms with Gasteiger partial charge in [-0.2, -0.15) is 0 Å². The van der Waals surface area contributed by atoms with Crippen LogP contribution in [0.25, 0.3) is 0 Å². The normalized spacial score (nSPS) is 13.1. The average Bonchev–Trinajstić information content (AvgIpc) is 2.88. The summed E-state index contributed by atoms with van der Waals surface area (Å²) in [6.07, 6.45) is 18.8. The Morgan fingerprint density at radius 2 is 0.900 bits per heavy atom. The molecule has 0 aromatic heterocycles. The minimum absolute atomic E-state index is 0.605. The van der Waals surface area contributed by atoms with Gasteiger partial charge >= 0.3 is 23.9 Å². The zero-order chi connectivity index (χ0) is 30.3. The van der Waals surface area contributed by atoms with Gasteiger partial charge in [0.15, 0.2) is 5.60 Å². The number of esters is 2. The average molecular weight is 571 g/mol. The maximum Gasteiger partial charge on any atom is 0.336 e. The Morgan fingerprint density at radius 3 is 1.23 bits per heavy atom. The van der Waals surface area contributed by atoms with E-state index in [-0.39, 0.29) is 0 Å². The van der Waals surface area contributed by atoms with Crippen LogP contribution in [0.5, 0.6) is 0 Å². The number of hydrogen-bond acceptors (Lipinski definition) is 6. The second-order valence-corrected chi connectivity index (χ2v) is 11.7. The van der Waals surface area contributed by atoms with Crippen molar-refractivity contribution in [3.63, 3.8) is 0 Å². The van der Waals surface area contributed by atoms with Crippen LogP contribution in [0.2, 0.25) is 0 Å². The third-order valence-electron chi connectivity index (χ3n) is 7.94. The highest BCUT2D eigenvalue weighted by atomic mass is 16.6. The highest BCUT2D eigenvalue weighted by Crippen LogP contribution is 2.39. The van der Waals surface area contributed by atoms with Gasteiger partial charge in [0.1, 0.15) is 0 Å². The Kier molecular flexibility index (Phi) is 21.6. The van der Waals surface area contributed by atoms with Crippen LogP contribution in [-0.2, 0) is 23.9 Å². The number of ether oxygens (including phenoxy) is 1. The fourth-order valence-electron chi connectivity index (χ4n) is 5.36. The molecule has 0 saturated heterocycles. The molecule has 0 aromatic carbocycles. The molecule has 0 aliphatic rings. The molecule has 0 heterocycles. The Labute approximate surface area is 242 Å². The summed E-state index contributed by atoms with van der Waals surface area (Å²) >= 11 is 0. The molecule has 0 radical (unpaired) electrons. The summed E-state index contributed by atoms with van der Waals surface area (Å²) in [5.74, 6) is -5.25. The molecule has 0 saturated carbocycles. The van der Waals surface area contributed by atoms with Gasteiger partial charge < -0.3 is 20.1 Å². The molecule has 0 amide bonds. The number of carbonyl (C=O) groups excluding carboxylic acids is 2. The minimum atomic E-state index is -2.83. The van der Waals surface area contributed by atoms with Crippen LogP contribution in [0.15, 0.2) is 0 Å². The molecule has 8 nitrogen and oxygen atoms in total. The predicted octanol–water partition coefficient (Wildman–Crippen LogP) is 7.97. The van der Waals surface area contributed by atoms with Crippen LogP contribution in [0.4, 0.5) is 0 Å². The number of aliphatic hydroxyl groups is 1. The highest BCUT2D eigenvalue weighted by molar-refractivity contribution is 5.93. The number of hydrogen-bond donors (Lipinski definition) is 3. The quantitative estimate of drug-likeness (QED) is 0.0513. The zero-order valence-corrected chi connectivity index (χ0v) is 25.6. The van der Waals surface area contributed by atoms with E-state index in [4.69, 9.17) is 9.84 Å². The number of carboxylic acids is 2. The van der Waals surface area contributed by atoms with Crippen LogP contribution in [0.1, 0.15) is 168 Å². The largest absolute Gasteiger partial charge is 0.481 e. The van der Waals surface area contributed by atoms with E-state index >= 15 is 0 Å². The number of unbranched alkanes of at least 4 members (excludes halogenated alkanes) is 15. The first-order chi connectivity index (χ1) is 19.1. The minimum Gasteiger partial charge on any atom is -0.481 e. The third-order valence-corrected chi connectivity index (χ3v) is 7.94. The maximum absolute atomic E-state index is 13.7. The lowest BCUT2D eigenvalue weighted by molar-refractivity contribution is -0.178. The summed E-state index contributed by atoms with van der Waals surface area (Å²) in [6, 6.07) is 0. The van der Waals surface area contributed by atoms with Gasteiger partial charge in [0, 0.05) is 0 Å². The Morgan fingerprint density at radius 1 is 0.550 bits per heavy atom. The second kappa shape index (κ2) is 22.7. The summed E-state index contributed by atoms with van der Waals surface area (Å²) in [5, 5.41) is 28.6. The monoisotopic (exact) mass is 570 g/mol. The van der Waals surface area contributed by atoms with E-state index < -0.39 is 47.7 Å². The molecule has 0 spiro atoms. The fourth-order valence-corrected chi connectivity index (χ4v) is 5.36. The first-order valence-corrected chi connectivity index (χ1v) is 16.0. The van der Waals surface area contributed by atoms with Gasteiger partial charge in [-0.3, -0.25) is 14.4 Å². The number of rotatable bonds is 27. The topological polar surface area (TPSA) is 138 Å². The van der Waals surface area contributed by atoms with Crippen LogP contribution >= 0.6 is 0 Å². The van der Waals surface area contributed by atoms with E-state index in [1.165, 1.54) is 19.3 Å². The molecule has 3 N–H and O–H groups in total. The standard InChI is InChI=1S/C32H58O8/c1-4-7-10-13-16-19-22-31(23-20-17-14-11-8-5-2,24-21-18-15-12-9-6-3)30(38)40-28(35)26-32(39,29(36)37)25-27(33)34/h39H,4-26H2,1-3H3,(H,33,34)(H,36,37). The SMILES string of the molecule is CCCCCCCCC(CCCCCCCC)(CCCCCCCC)C(=O)OC(=O)CC(O)(CC(=O)O)C(=O)O. The van der Waals surface area contributed by atoms with E-state index in [1.807, 2.05) is 0 Å². The van der Waals surface area contributed by atoms with Crippen LogP contribution in [0, 0.1) is 5.41 Å². The van der Waals surface area contributed by atoms with Crippen molar-refractivity contribution in [1.82, 2.24) is 0 Å². The van der Waals surface area contributed by atoms with Crippen molar-refractivity contribution in [2.24, 2.45) is 5.41 Å². The Bertz CT molecular complexity index is 679. The predicted molar refractivity (Wildman–Crippen MR) is 157 cm³/mol. The molecule has 0 rings (SSSR count). The Hall–Kier alpha value is -1.96. The molecular formula is C32H58O8. The van der Waals surface area contributed by atoms with Crippen molar-refractivity contribution in [2.45, 2.75) is 174 Å². The number of aliphatic carboxylic acids is 2. The van der Waals surface area contributed by atoms with Gasteiger partial charge in [-0.1, -0.05) is 136 Å². The molecule has 1 atom stereocenters. The summed E-state index contributed by atoms with van der Waals surface area (Å²) in [6.45, 7) is 6.50. The van der Waals surface area contributed by atoms with Crippen LogP contribution in [0.3, 0.4) is 0 Å². The molecule has 234 valence electrons. The lowest BCUT2D eigenvalue weighted by Gasteiger charge is -2.32. The van der Waals surface area contributed by atoms with E-state index in [0.29, 0.717) is 19.3 Å². The fraction of sp³-hybridized carbons (Fsp3) is 0.875. The molecular weight excluding hydrogens is 512 g/mol. The number of carboxylic acid groups (broad SMARTS) is 2. The lowest BCUT2D eigenvalue weighted by atomic mass is 9.73. The first kappa shape index (κ1) is 38.0. The van der Waals surface area contributed by atoms with Crippen molar-refractivity contribution >= 4 is 23.9 Å². The summed E-state index contributed by atoms with van der Waals surface area (Å²) in [5.41, 5.74) is -3.67. The van der Waals surface area contributed by atoms with Crippen molar-refractivity contribution < 1.29 is 39.2 Å². The smallest absolute Gasteiger partial charge is 0.336 e. The third kappa shape index (κ3) is 17.0. The molecule has 1 unspecified atom stereocenters. The van der Waals surface area contributed by atoms with Gasteiger partial charge in [0.25, 0.3) is 0 Å². The van der Waals surface area contributed by atoms with Crippen molar-refractivity contribution in [2.75, 3.05) is 0 Å². The van der Waals surface area contributed by atoms with Crippen LogP contribution in [-0.4, -0.2) is 44.8 Å². The van der Waals surface area contributed by atoms with Crippen LogP contribution < -0.4 is 0 Å².